The standard InChI is InChI=1S/C28H37BrN4O2S.2C2H6/c1-5-8-14-24(19(4)10-6-2)36-25(11-7-3)33-28(34)23-13-9-12-20(32-23)17-30-27-21-15-16-35-26(21)22(29)18-31-27;2*1-2/h9,11-13,18H,5-8,10,14-17H2,1-4H3,(H,30,31)(H,33,34);2*1-2H3/b24-19+,25-11+;;. The van der Waals surface area contributed by atoms with Crippen molar-refractivity contribution >= 4 is 39.4 Å². The van der Waals surface area contributed by atoms with Gasteiger partial charge in [0, 0.05) is 18.2 Å². The summed E-state index contributed by atoms with van der Waals surface area (Å²) in [6.07, 6.45) is 11.0. The van der Waals surface area contributed by atoms with Gasteiger partial charge < -0.3 is 15.4 Å². The number of allylic oxidation sites excluding steroid dienone is 3. The number of halogens is 1. The molecule has 2 aromatic heterocycles. The minimum Gasteiger partial charge on any atom is -0.492 e. The van der Waals surface area contributed by atoms with Gasteiger partial charge in [-0.2, -0.15) is 0 Å². The van der Waals surface area contributed by atoms with Crippen LogP contribution in [0.1, 0.15) is 116 Å². The Kier molecular flexibility index (Phi) is 18.3. The average Bonchev–Trinajstić information content (AvgIpc) is 3.49. The first-order chi connectivity index (χ1) is 19.5. The van der Waals surface area contributed by atoms with Gasteiger partial charge in [-0.3, -0.25) is 4.79 Å². The molecule has 0 saturated carbocycles. The maximum atomic E-state index is 13.1. The molecule has 1 aliphatic rings. The van der Waals surface area contributed by atoms with E-state index in [-0.39, 0.29) is 5.91 Å². The van der Waals surface area contributed by atoms with E-state index in [4.69, 9.17) is 4.74 Å². The van der Waals surface area contributed by atoms with Gasteiger partial charge >= 0.3 is 0 Å². The molecule has 2 N–H and O–H groups in total. The summed E-state index contributed by atoms with van der Waals surface area (Å²) in [6, 6.07) is 5.54. The summed E-state index contributed by atoms with van der Waals surface area (Å²) >= 11 is 5.19. The van der Waals surface area contributed by atoms with Crippen LogP contribution in [0.4, 0.5) is 5.82 Å². The molecule has 1 aliphatic heterocycles. The number of pyridine rings is 2. The van der Waals surface area contributed by atoms with Crippen LogP contribution in [0.15, 0.2) is 50.5 Å². The van der Waals surface area contributed by atoms with E-state index in [9.17, 15) is 4.79 Å². The Balaban J connectivity index is 0.00000191. The highest BCUT2D eigenvalue weighted by molar-refractivity contribution is 9.10. The van der Waals surface area contributed by atoms with Crippen molar-refractivity contribution in [3.8, 4) is 5.75 Å². The van der Waals surface area contributed by atoms with Crippen LogP contribution in [0.25, 0.3) is 0 Å². The number of nitrogens with one attached hydrogen (secondary N) is 2. The number of carbonyl (C=O) groups excluding carboxylic acids is 1. The fourth-order valence-corrected chi connectivity index (χ4v) is 5.64. The number of aromatic nitrogens is 2. The molecule has 0 bridgehead atoms. The number of amides is 1. The normalized spacial score (nSPS) is 12.6. The molecule has 0 spiro atoms. The Morgan fingerprint density at radius 2 is 1.88 bits per heavy atom. The van der Waals surface area contributed by atoms with Crippen LogP contribution in [0.2, 0.25) is 0 Å². The highest BCUT2D eigenvalue weighted by Gasteiger charge is 2.20. The highest BCUT2D eigenvalue weighted by Crippen LogP contribution is 2.37. The van der Waals surface area contributed by atoms with Gasteiger partial charge in [-0.25, -0.2) is 9.97 Å². The summed E-state index contributed by atoms with van der Waals surface area (Å²) in [7, 11) is 0. The van der Waals surface area contributed by atoms with Crippen molar-refractivity contribution < 1.29 is 9.53 Å². The van der Waals surface area contributed by atoms with Crippen molar-refractivity contribution in [2.24, 2.45) is 0 Å². The van der Waals surface area contributed by atoms with Gasteiger partial charge in [0.25, 0.3) is 5.91 Å². The molecular formula is C32H49BrN4O2S. The molecule has 0 atom stereocenters. The van der Waals surface area contributed by atoms with E-state index < -0.39 is 0 Å². The van der Waals surface area contributed by atoms with Crippen molar-refractivity contribution in [3.05, 3.63) is 67.4 Å². The summed E-state index contributed by atoms with van der Waals surface area (Å²) in [5.74, 6) is 1.45. The van der Waals surface area contributed by atoms with Crippen LogP contribution in [-0.2, 0) is 13.0 Å². The summed E-state index contributed by atoms with van der Waals surface area (Å²) in [6.45, 7) is 17.8. The Labute approximate surface area is 255 Å². The Bertz CT molecular complexity index is 1120. The number of anilines is 1. The lowest BCUT2D eigenvalue weighted by Gasteiger charge is -2.15. The first kappa shape index (κ1) is 35.7. The Morgan fingerprint density at radius 3 is 2.55 bits per heavy atom. The fourth-order valence-electron chi connectivity index (χ4n) is 4.00. The zero-order valence-corrected chi connectivity index (χ0v) is 28.2. The third-order valence-electron chi connectivity index (χ3n) is 5.88. The van der Waals surface area contributed by atoms with Gasteiger partial charge in [0.2, 0.25) is 0 Å². The number of hydrogen-bond acceptors (Lipinski definition) is 6. The van der Waals surface area contributed by atoms with E-state index in [2.05, 4.69) is 70.3 Å². The van der Waals surface area contributed by atoms with E-state index in [1.807, 2.05) is 39.8 Å². The molecule has 8 heteroatoms. The Hall–Kier alpha value is -2.32. The zero-order valence-electron chi connectivity index (χ0n) is 25.7. The molecule has 0 radical (unpaired) electrons. The molecule has 0 aliphatic carbocycles. The summed E-state index contributed by atoms with van der Waals surface area (Å²) in [4.78, 5) is 23.6. The largest absolute Gasteiger partial charge is 0.492 e. The topological polar surface area (TPSA) is 76.1 Å². The average molecular weight is 634 g/mol. The van der Waals surface area contributed by atoms with Crippen molar-refractivity contribution in [1.29, 1.82) is 0 Å². The second kappa shape index (κ2) is 20.5. The Morgan fingerprint density at radius 1 is 1.12 bits per heavy atom. The van der Waals surface area contributed by atoms with Crippen LogP contribution in [-0.4, -0.2) is 22.5 Å². The monoisotopic (exact) mass is 632 g/mol. The number of rotatable bonds is 13. The van der Waals surface area contributed by atoms with E-state index in [0.29, 0.717) is 18.8 Å². The molecule has 1 amide bonds. The van der Waals surface area contributed by atoms with Crippen LogP contribution in [0.5, 0.6) is 5.75 Å². The van der Waals surface area contributed by atoms with Crippen molar-refractivity contribution in [2.45, 2.75) is 107 Å². The second-order valence-corrected chi connectivity index (χ2v) is 10.8. The van der Waals surface area contributed by atoms with Gasteiger partial charge in [0.1, 0.15) is 17.3 Å². The predicted molar refractivity (Wildman–Crippen MR) is 176 cm³/mol. The first-order valence-electron chi connectivity index (χ1n) is 14.8. The molecule has 0 aromatic carbocycles. The zero-order chi connectivity index (χ0) is 29.9. The lowest BCUT2D eigenvalue weighted by Crippen LogP contribution is -2.23. The van der Waals surface area contributed by atoms with Crippen LogP contribution in [0, 0.1) is 0 Å². The lowest BCUT2D eigenvalue weighted by atomic mass is 10.1. The molecule has 3 rings (SSSR count). The minimum absolute atomic E-state index is 0.192. The molecule has 222 valence electrons. The van der Waals surface area contributed by atoms with Gasteiger partial charge in [-0.15, -0.1) is 0 Å². The van der Waals surface area contributed by atoms with Gasteiger partial charge in [0.05, 0.1) is 28.3 Å². The third-order valence-corrected chi connectivity index (χ3v) is 7.73. The number of fused-ring (bicyclic) bond motifs is 1. The van der Waals surface area contributed by atoms with E-state index in [1.54, 1.807) is 24.0 Å². The maximum Gasteiger partial charge on any atom is 0.274 e. The number of nitrogens with zero attached hydrogens (tertiary/aromatic N) is 2. The molecular weight excluding hydrogens is 584 g/mol. The lowest BCUT2D eigenvalue weighted by molar-refractivity contribution is 0.0963. The first-order valence-corrected chi connectivity index (χ1v) is 16.5. The molecule has 0 unspecified atom stereocenters. The summed E-state index contributed by atoms with van der Waals surface area (Å²) in [5.41, 5.74) is 3.65. The second-order valence-electron chi connectivity index (χ2n) is 8.82. The highest BCUT2D eigenvalue weighted by atomic mass is 79.9. The molecule has 0 fully saturated rings. The number of carbonyl (C=O) groups is 1. The SMILES string of the molecule is CC.CC.CC/C=C(\NC(=O)c1cccc(CNc2ncc(Br)c3c2CCO3)n1)S/C(CCCC)=C(\C)CCC. The molecule has 3 heterocycles. The van der Waals surface area contributed by atoms with E-state index in [1.165, 1.54) is 10.5 Å². The van der Waals surface area contributed by atoms with Crippen LogP contribution >= 0.6 is 27.7 Å². The summed E-state index contributed by atoms with van der Waals surface area (Å²) < 4.78 is 6.57. The van der Waals surface area contributed by atoms with Gasteiger partial charge in [-0.1, -0.05) is 90.8 Å². The minimum atomic E-state index is -0.192. The number of unbranched alkanes of at least 4 members (excludes halogenated alkanes) is 1. The number of hydrogen-bond donors (Lipinski definition) is 2. The predicted octanol–water partition coefficient (Wildman–Crippen LogP) is 9.82. The van der Waals surface area contributed by atoms with Crippen molar-refractivity contribution in [2.75, 3.05) is 11.9 Å². The fraction of sp³-hybridized carbons (Fsp3) is 0.531. The van der Waals surface area contributed by atoms with Crippen molar-refractivity contribution in [3.63, 3.8) is 0 Å². The number of ether oxygens (including phenoxy) is 1. The molecule has 6 nitrogen and oxygen atoms in total. The van der Waals surface area contributed by atoms with Crippen LogP contribution in [0.3, 0.4) is 0 Å². The summed E-state index contributed by atoms with van der Waals surface area (Å²) in [5, 5.41) is 7.35. The van der Waals surface area contributed by atoms with Gasteiger partial charge in [-0.05, 0) is 65.6 Å². The van der Waals surface area contributed by atoms with E-state index in [0.717, 1.165) is 77.3 Å². The molecule has 0 saturated heterocycles. The van der Waals surface area contributed by atoms with Gasteiger partial charge in [0.15, 0.2) is 0 Å². The number of thioether (sulfide) groups is 1. The smallest absolute Gasteiger partial charge is 0.274 e. The molecule has 2 aromatic rings. The van der Waals surface area contributed by atoms with Crippen LogP contribution < -0.4 is 15.4 Å². The van der Waals surface area contributed by atoms with E-state index >= 15 is 0 Å². The quantitative estimate of drug-likeness (QED) is 0.229. The third kappa shape index (κ3) is 11.3. The van der Waals surface area contributed by atoms with Crippen molar-refractivity contribution in [1.82, 2.24) is 15.3 Å². The molecule has 40 heavy (non-hydrogen) atoms. The maximum absolute atomic E-state index is 13.1.